The van der Waals surface area contributed by atoms with Crippen LogP contribution in [0.3, 0.4) is 0 Å². The molecule has 1 heterocycles. The summed E-state index contributed by atoms with van der Waals surface area (Å²) in [6, 6.07) is -1.33. The van der Waals surface area contributed by atoms with Gasteiger partial charge in [-0.15, -0.1) is 0 Å². The normalized spacial score (nSPS) is 24.5. The van der Waals surface area contributed by atoms with Crippen LogP contribution in [0.2, 0.25) is 0 Å². The maximum atomic E-state index is 11.6. The number of aliphatic hydroxyl groups excluding tert-OH is 1. The van der Waals surface area contributed by atoms with Crippen molar-refractivity contribution < 1.29 is 19.8 Å². The van der Waals surface area contributed by atoms with Crippen molar-refractivity contribution in [3.05, 3.63) is 0 Å². The molecule has 0 radical (unpaired) electrons. The molecule has 1 aliphatic heterocycles. The third-order valence-corrected chi connectivity index (χ3v) is 3.02. The van der Waals surface area contributed by atoms with Crippen LogP contribution in [-0.4, -0.2) is 64.4 Å². The minimum atomic E-state index is -1.07. The zero-order valence-corrected chi connectivity index (χ0v) is 9.87. The number of hydrogen-bond acceptors (Lipinski definition) is 4. The summed E-state index contributed by atoms with van der Waals surface area (Å²) < 4.78 is 0. The highest BCUT2D eigenvalue weighted by atomic mass is 32.2. The number of carboxylic acid groups (broad SMARTS) is 1. The van der Waals surface area contributed by atoms with Crippen molar-refractivity contribution in [2.45, 2.75) is 18.6 Å². The van der Waals surface area contributed by atoms with Gasteiger partial charge in [-0.1, -0.05) is 0 Å². The van der Waals surface area contributed by atoms with Crippen molar-refractivity contribution in [1.29, 1.82) is 0 Å². The Kier molecular flexibility index (Phi) is 4.88. The van der Waals surface area contributed by atoms with E-state index >= 15 is 0 Å². The number of amides is 2. The molecule has 0 saturated carbocycles. The van der Waals surface area contributed by atoms with Crippen LogP contribution in [0.5, 0.6) is 0 Å². The Morgan fingerprint density at radius 1 is 1.56 bits per heavy atom. The van der Waals surface area contributed by atoms with E-state index in [1.807, 2.05) is 6.26 Å². The maximum absolute atomic E-state index is 11.6. The molecule has 2 atom stereocenters. The molecule has 0 spiro atoms. The fourth-order valence-electron chi connectivity index (χ4n) is 1.63. The molecule has 0 bridgehead atoms. The molecule has 0 aromatic rings. The highest BCUT2D eigenvalue weighted by Gasteiger charge is 2.38. The fraction of sp³-hybridized carbons (Fsp3) is 0.778. The van der Waals surface area contributed by atoms with Crippen LogP contribution in [0.4, 0.5) is 4.79 Å². The number of thioether (sulfide) groups is 1. The van der Waals surface area contributed by atoms with Crippen LogP contribution in [0, 0.1) is 0 Å². The topological polar surface area (TPSA) is 89.9 Å². The lowest BCUT2D eigenvalue weighted by Crippen LogP contribution is -2.46. The number of hydrogen-bond donors (Lipinski definition) is 3. The van der Waals surface area contributed by atoms with E-state index < -0.39 is 24.1 Å². The Balaban J connectivity index is 2.50. The Labute approximate surface area is 98.0 Å². The highest BCUT2D eigenvalue weighted by molar-refractivity contribution is 7.98. The third-order valence-electron chi connectivity index (χ3n) is 2.41. The first kappa shape index (κ1) is 13.1. The SMILES string of the molecule is CSCCNC(=O)N1C[C@H](O)C[C@H]1C(=O)O. The molecule has 6 nitrogen and oxygen atoms in total. The number of likely N-dealkylation sites (tertiary alicyclic amines) is 1. The van der Waals surface area contributed by atoms with E-state index in [1.165, 1.54) is 4.90 Å². The number of rotatable bonds is 4. The fourth-order valence-corrected chi connectivity index (χ4v) is 1.94. The molecule has 7 heteroatoms. The Bertz CT molecular complexity index is 274. The number of aliphatic carboxylic acids is 1. The van der Waals surface area contributed by atoms with Crippen LogP contribution in [0.25, 0.3) is 0 Å². The van der Waals surface area contributed by atoms with Gasteiger partial charge in [-0.25, -0.2) is 9.59 Å². The van der Waals surface area contributed by atoms with Gasteiger partial charge in [0.2, 0.25) is 0 Å². The number of carbonyl (C=O) groups excluding carboxylic acids is 1. The maximum Gasteiger partial charge on any atom is 0.326 e. The largest absolute Gasteiger partial charge is 0.480 e. The second kappa shape index (κ2) is 5.95. The lowest BCUT2D eigenvalue weighted by Gasteiger charge is -2.21. The molecule has 16 heavy (non-hydrogen) atoms. The lowest BCUT2D eigenvalue weighted by molar-refractivity contribution is -0.141. The third kappa shape index (κ3) is 3.28. The summed E-state index contributed by atoms with van der Waals surface area (Å²) in [6.07, 6.45) is 1.28. The van der Waals surface area contributed by atoms with Crippen molar-refractivity contribution in [3.8, 4) is 0 Å². The van der Waals surface area contributed by atoms with Crippen LogP contribution in [0.15, 0.2) is 0 Å². The minimum absolute atomic E-state index is 0.0854. The van der Waals surface area contributed by atoms with E-state index in [0.717, 1.165) is 5.75 Å². The van der Waals surface area contributed by atoms with E-state index in [4.69, 9.17) is 5.11 Å². The second-order valence-corrected chi connectivity index (χ2v) is 4.61. The monoisotopic (exact) mass is 248 g/mol. The zero-order valence-electron chi connectivity index (χ0n) is 9.05. The smallest absolute Gasteiger partial charge is 0.326 e. The van der Waals surface area contributed by atoms with Gasteiger partial charge in [0.1, 0.15) is 6.04 Å². The van der Waals surface area contributed by atoms with Crippen LogP contribution in [-0.2, 0) is 4.79 Å². The van der Waals surface area contributed by atoms with Crippen molar-refractivity contribution in [2.24, 2.45) is 0 Å². The molecule has 1 fully saturated rings. The summed E-state index contributed by atoms with van der Waals surface area (Å²) in [6.45, 7) is 0.584. The number of aliphatic hydroxyl groups is 1. The molecule has 1 rings (SSSR count). The van der Waals surface area contributed by atoms with Crippen molar-refractivity contribution in [1.82, 2.24) is 10.2 Å². The van der Waals surface area contributed by atoms with Gasteiger partial charge in [0.15, 0.2) is 0 Å². The number of urea groups is 1. The molecule has 0 aliphatic carbocycles. The van der Waals surface area contributed by atoms with E-state index in [-0.39, 0.29) is 13.0 Å². The van der Waals surface area contributed by atoms with Gasteiger partial charge in [0.05, 0.1) is 6.10 Å². The van der Waals surface area contributed by atoms with Gasteiger partial charge < -0.3 is 20.4 Å². The van der Waals surface area contributed by atoms with Gasteiger partial charge in [0, 0.05) is 25.3 Å². The van der Waals surface area contributed by atoms with Crippen molar-refractivity contribution >= 4 is 23.8 Å². The predicted molar refractivity (Wildman–Crippen MR) is 60.5 cm³/mol. The van der Waals surface area contributed by atoms with Crippen LogP contribution < -0.4 is 5.32 Å². The van der Waals surface area contributed by atoms with E-state index in [9.17, 15) is 14.7 Å². The predicted octanol–water partition coefficient (Wildman–Crippen LogP) is -0.421. The first-order chi connectivity index (χ1) is 7.56. The quantitative estimate of drug-likeness (QED) is 0.588. The second-order valence-electron chi connectivity index (χ2n) is 3.62. The number of nitrogens with one attached hydrogen (secondary N) is 1. The molecular formula is C9H16N2O4S. The van der Waals surface area contributed by atoms with E-state index in [2.05, 4.69) is 5.32 Å². The Morgan fingerprint density at radius 2 is 2.25 bits per heavy atom. The average Bonchev–Trinajstić information content (AvgIpc) is 2.61. The Morgan fingerprint density at radius 3 is 2.81 bits per heavy atom. The molecule has 0 aromatic carbocycles. The molecule has 0 unspecified atom stereocenters. The molecule has 0 aromatic heterocycles. The molecule has 2 amide bonds. The molecule has 3 N–H and O–H groups in total. The number of nitrogens with zero attached hydrogens (tertiary/aromatic N) is 1. The summed E-state index contributed by atoms with van der Waals surface area (Å²) in [4.78, 5) is 23.6. The number of β-amino-alcohol motifs (C(OH)–C–C–N with tert-alkyl or cyclic N) is 1. The summed E-state index contributed by atoms with van der Waals surface area (Å²) >= 11 is 1.59. The summed E-state index contributed by atoms with van der Waals surface area (Å²) in [5.74, 6) is -0.295. The molecular weight excluding hydrogens is 232 g/mol. The molecule has 1 aliphatic rings. The van der Waals surface area contributed by atoms with Crippen LogP contribution >= 0.6 is 11.8 Å². The lowest BCUT2D eigenvalue weighted by atomic mass is 10.2. The van der Waals surface area contributed by atoms with E-state index in [0.29, 0.717) is 6.54 Å². The highest BCUT2D eigenvalue weighted by Crippen LogP contribution is 2.17. The summed E-state index contributed by atoms with van der Waals surface area (Å²) in [5.41, 5.74) is 0. The Hall–Kier alpha value is -0.950. The number of carboxylic acids is 1. The number of carbonyl (C=O) groups is 2. The van der Waals surface area contributed by atoms with Gasteiger partial charge in [-0.05, 0) is 6.26 Å². The van der Waals surface area contributed by atoms with Gasteiger partial charge >= 0.3 is 12.0 Å². The molecule has 92 valence electrons. The summed E-state index contributed by atoms with van der Waals surface area (Å²) in [7, 11) is 0. The van der Waals surface area contributed by atoms with Crippen molar-refractivity contribution in [2.75, 3.05) is 25.1 Å². The first-order valence-corrected chi connectivity index (χ1v) is 6.40. The van der Waals surface area contributed by atoms with Crippen molar-refractivity contribution in [3.63, 3.8) is 0 Å². The zero-order chi connectivity index (χ0) is 12.1. The van der Waals surface area contributed by atoms with Gasteiger partial charge in [-0.3, -0.25) is 0 Å². The standard InChI is InChI=1S/C9H16N2O4S/c1-16-3-2-10-9(15)11-5-6(12)4-7(11)8(13)14/h6-7,12H,2-5H2,1H3,(H,10,15)(H,13,14)/t6-,7+/m1/s1. The minimum Gasteiger partial charge on any atom is -0.480 e. The van der Waals surface area contributed by atoms with Gasteiger partial charge in [0.25, 0.3) is 0 Å². The summed E-state index contributed by atoms with van der Waals surface area (Å²) in [5, 5.41) is 20.9. The molecule has 1 saturated heterocycles. The van der Waals surface area contributed by atoms with E-state index in [1.54, 1.807) is 11.8 Å². The average molecular weight is 248 g/mol. The van der Waals surface area contributed by atoms with Crippen LogP contribution in [0.1, 0.15) is 6.42 Å². The first-order valence-electron chi connectivity index (χ1n) is 5.00. The van der Waals surface area contributed by atoms with Gasteiger partial charge in [-0.2, -0.15) is 11.8 Å².